The van der Waals surface area contributed by atoms with Crippen molar-refractivity contribution >= 4 is 34.4 Å². The summed E-state index contributed by atoms with van der Waals surface area (Å²) in [6, 6.07) is 9.79. The second-order valence-corrected chi connectivity index (χ2v) is 6.92. The zero-order chi connectivity index (χ0) is 18.2. The third-order valence-electron chi connectivity index (χ3n) is 4.22. The van der Waals surface area contributed by atoms with Gasteiger partial charge in [0.15, 0.2) is 5.78 Å². The highest BCUT2D eigenvalue weighted by molar-refractivity contribution is 7.12. The lowest BCUT2D eigenvalue weighted by Crippen LogP contribution is -2.22. The molecule has 0 atom stereocenters. The van der Waals surface area contributed by atoms with Crippen molar-refractivity contribution in [3.8, 4) is 0 Å². The van der Waals surface area contributed by atoms with Gasteiger partial charge in [0, 0.05) is 37.3 Å². The molecule has 0 fully saturated rings. The van der Waals surface area contributed by atoms with E-state index < -0.39 is 0 Å². The van der Waals surface area contributed by atoms with E-state index in [0.29, 0.717) is 19.3 Å². The molecule has 2 aromatic rings. The summed E-state index contributed by atoms with van der Waals surface area (Å²) in [6.45, 7) is 8.18. The first-order valence-corrected chi connectivity index (χ1v) is 9.65. The Labute approximate surface area is 153 Å². The van der Waals surface area contributed by atoms with Gasteiger partial charge in [-0.3, -0.25) is 9.59 Å². The highest BCUT2D eigenvalue weighted by Gasteiger charge is 2.10. The van der Waals surface area contributed by atoms with Crippen LogP contribution in [0.2, 0.25) is 0 Å². The van der Waals surface area contributed by atoms with Crippen LogP contribution in [0.25, 0.3) is 0 Å². The molecule has 1 N–H and O–H groups in total. The topological polar surface area (TPSA) is 49.4 Å². The lowest BCUT2D eigenvalue weighted by molar-refractivity contribution is -0.116. The minimum Gasteiger partial charge on any atom is -0.372 e. The minimum atomic E-state index is -0.0438. The molecular formula is C20H26N2O2S. The van der Waals surface area contributed by atoms with E-state index in [1.54, 1.807) is 0 Å². The molecule has 0 aliphatic carbocycles. The van der Waals surface area contributed by atoms with Crippen LogP contribution in [0, 0.1) is 6.92 Å². The van der Waals surface area contributed by atoms with Crippen LogP contribution in [-0.2, 0) is 4.79 Å². The summed E-state index contributed by atoms with van der Waals surface area (Å²) in [5, 5.41) is 4.85. The Morgan fingerprint density at radius 1 is 1.12 bits per heavy atom. The minimum absolute atomic E-state index is 0.0438. The fourth-order valence-electron chi connectivity index (χ4n) is 2.76. The van der Waals surface area contributed by atoms with Crippen LogP contribution in [0.3, 0.4) is 0 Å². The fourth-order valence-corrected chi connectivity index (χ4v) is 3.45. The fraction of sp³-hybridized carbons (Fsp3) is 0.400. The molecule has 0 spiro atoms. The lowest BCUT2D eigenvalue weighted by atomic mass is 10.1. The van der Waals surface area contributed by atoms with Crippen molar-refractivity contribution in [1.29, 1.82) is 0 Å². The first-order chi connectivity index (χ1) is 12.0. The summed E-state index contributed by atoms with van der Waals surface area (Å²) in [7, 11) is 0. The van der Waals surface area contributed by atoms with Crippen molar-refractivity contribution in [2.75, 3.05) is 23.3 Å². The largest absolute Gasteiger partial charge is 0.372 e. The Hall–Kier alpha value is -2.14. The van der Waals surface area contributed by atoms with E-state index in [0.717, 1.165) is 29.2 Å². The third kappa shape index (κ3) is 5.43. The van der Waals surface area contributed by atoms with Gasteiger partial charge in [0.25, 0.3) is 0 Å². The molecule has 1 aromatic heterocycles. The SMILES string of the molecule is CCN(CC)c1ccc(NC(=O)CCCC(=O)c2cccs2)c(C)c1. The maximum atomic E-state index is 12.1. The zero-order valence-electron chi connectivity index (χ0n) is 15.2. The lowest BCUT2D eigenvalue weighted by Gasteiger charge is -2.22. The van der Waals surface area contributed by atoms with E-state index in [1.165, 1.54) is 17.0 Å². The molecule has 4 nitrogen and oxygen atoms in total. The van der Waals surface area contributed by atoms with Crippen LogP contribution in [0.15, 0.2) is 35.7 Å². The molecule has 0 unspecified atom stereocenters. The van der Waals surface area contributed by atoms with Crippen LogP contribution >= 0.6 is 11.3 Å². The van der Waals surface area contributed by atoms with Crippen molar-refractivity contribution in [1.82, 2.24) is 0 Å². The molecular weight excluding hydrogens is 332 g/mol. The van der Waals surface area contributed by atoms with Crippen LogP contribution in [0.5, 0.6) is 0 Å². The van der Waals surface area contributed by atoms with E-state index in [4.69, 9.17) is 0 Å². The average molecular weight is 359 g/mol. The molecule has 5 heteroatoms. The summed E-state index contributed by atoms with van der Waals surface area (Å²) in [4.78, 5) is 27.1. The molecule has 2 rings (SSSR count). The van der Waals surface area contributed by atoms with Gasteiger partial charge in [-0.15, -0.1) is 11.3 Å². The molecule has 0 saturated carbocycles. The average Bonchev–Trinajstić information content (AvgIpc) is 3.13. The molecule has 1 aromatic carbocycles. The molecule has 1 amide bonds. The number of ketones is 1. The number of carbonyl (C=O) groups excluding carboxylic acids is 2. The third-order valence-corrected chi connectivity index (χ3v) is 5.13. The van der Waals surface area contributed by atoms with E-state index in [1.807, 2.05) is 36.6 Å². The Morgan fingerprint density at radius 3 is 2.48 bits per heavy atom. The van der Waals surface area contributed by atoms with Gasteiger partial charge < -0.3 is 10.2 Å². The number of hydrogen-bond donors (Lipinski definition) is 1. The highest BCUT2D eigenvalue weighted by Crippen LogP contribution is 2.23. The number of benzene rings is 1. The van der Waals surface area contributed by atoms with Gasteiger partial charge in [-0.05, 0) is 62.4 Å². The Kier molecular flexibility index (Phi) is 7.19. The molecule has 0 saturated heterocycles. The van der Waals surface area contributed by atoms with Crippen LogP contribution in [0.1, 0.15) is 48.3 Å². The Balaban J connectivity index is 1.85. The number of Topliss-reactive ketones (excluding diaryl/α,β-unsaturated/α-hetero) is 1. The van der Waals surface area contributed by atoms with Crippen LogP contribution in [0.4, 0.5) is 11.4 Å². The van der Waals surface area contributed by atoms with E-state index in [9.17, 15) is 9.59 Å². The maximum Gasteiger partial charge on any atom is 0.224 e. The van der Waals surface area contributed by atoms with Crippen LogP contribution in [-0.4, -0.2) is 24.8 Å². The summed E-state index contributed by atoms with van der Waals surface area (Å²) in [6.07, 6.45) is 1.33. The first-order valence-electron chi connectivity index (χ1n) is 8.77. The van der Waals surface area contributed by atoms with Crippen molar-refractivity contribution in [2.24, 2.45) is 0 Å². The standard InChI is InChI=1S/C20H26N2O2S/c1-4-22(5-2)16-11-12-17(15(3)14-16)21-20(24)10-6-8-18(23)19-9-7-13-25-19/h7,9,11-14H,4-6,8,10H2,1-3H3,(H,21,24). The quantitative estimate of drug-likeness (QED) is 0.649. The number of nitrogens with zero attached hydrogens (tertiary/aromatic N) is 1. The number of nitrogens with one attached hydrogen (secondary N) is 1. The Morgan fingerprint density at radius 2 is 1.88 bits per heavy atom. The van der Waals surface area contributed by atoms with Gasteiger partial charge in [0.1, 0.15) is 0 Å². The summed E-state index contributed by atoms with van der Waals surface area (Å²) in [5.41, 5.74) is 3.06. The second-order valence-electron chi connectivity index (χ2n) is 5.97. The molecule has 0 bridgehead atoms. The van der Waals surface area contributed by atoms with Gasteiger partial charge in [-0.2, -0.15) is 0 Å². The van der Waals surface area contributed by atoms with Crippen LogP contribution < -0.4 is 10.2 Å². The van der Waals surface area contributed by atoms with Crippen molar-refractivity contribution in [2.45, 2.75) is 40.0 Å². The normalized spacial score (nSPS) is 10.5. The van der Waals surface area contributed by atoms with Crippen molar-refractivity contribution < 1.29 is 9.59 Å². The number of anilines is 2. The number of hydrogen-bond acceptors (Lipinski definition) is 4. The maximum absolute atomic E-state index is 12.1. The molecule has 0 aliphatic heterocycles. The molecule has 134 valence electrons. The van der Waals surface area contributed by atoms with Gasteiger partial charge in [-0.25, -0.2) is 0 Å². The van der Waals surface area contributed by atoms with E-state index in [-0.39, 0.29) is 11.7 Å². The van der Waals surface area contributed by atoms with Crippen molar-refractivity contribution in [3.63, 3.8) is 0 Å². The van der Waals surface area contributed by atoms with Gasteiger partial charge in [-0.1, -0.05) is 6.07 Å². The number of rotatable bonds is 9. The number of amides is 1. The van der Waals surface area contributed by atoms with E-state index in [2.05, 4.69) is 30.1 Å². The number of thiophene rings is 1. The number of aryl methyl sites for hydroxylation is 1. The summed E-state index contributed by atoms with van der Waals surface area (Å²) >= 11 is 1.45. The van der Waals surface area contributed by atoms with Gasteiger partial charge in [0.05, 0.1) is 4.88 Å². The van der Waals surface area contributed by atoms with E-state index >= 15 is 0 Å². The van der Waals surface area contributed by atoms with Gasteiger partial charge in [0.2, 0.25) is 5.91 Å². The first kappa shape index (κ1) is 19.2. The zero-order valence-corrected chi connectivity index (χ0v) is 16.0. The highest BCUT2D eigenvalue weighted by atomic mass is 32.1. The van der Waals surface area contributed by atoms with Gasteiger partial charge >= 0.3 is 0 Å². The van der Waals surface area contributed by atoms with Crippen molar-refractivity contribution in [3.05, 3.63) is 46.2 Å². The monoisotopic (exact) mass is 358 g/mol. The smallest absolute Gasteiger partial charge is 0.224 e. The molecule has 25 heavy (non-hydrogen) atoms. The molecule has 0 aliphatic rings. The predicted molar refractivity (Wildman–Crippen MR) is 106 cm³/mol. The molecule has 1 heterocycles. The molecule has 0 radical (unpaired) electrons. The number of carbonyl (C=O) groups is 2. The summed E-state index contributed by atoms with van der Waals surface area (Å²) < 4.78 is 0. The summed E-state index contributed by atoms with van der Waals surface area (Å²) in [5.74, 6) is 0.0697. The second kappa shape index (κ2) is 9.37. The Bertz CT molecular complexity index is 706. The predicted octanol–water partition coefficient (Wildman–Crippen LogP) is 4.89.